The molecule has 350 valence electrons. The molecule has 4 aromatic rings. The highest BCUT2D eigenvalue weighted by atomic mass is 16.5. The number of esters is 3. The minimum absolute atomic E-state index is 0.0553. The quantitative estimate of drug-likeness (QED) is 0.0738. The lowest BCUT2D eigenvalue weighted by molar-refractivity contribution is -0.147. The Hall–Kier alpha value is -6.56. The van der Waals surface area contributed by atoms with E-state index in [9.17, 15) is 24.0 Å². The van der Waals surface area contributed by atoms with Gasteiger partial charge in [-0.25, -0.2) is 19.4 Å². The fourth-order valence-electron chi connectivity index (χ4n) is 5.41. The second-order valence-corrected chi connectivity index (χ2v) is 12.0. The molecule has 2 unspecified atom stereocenters. The maximum atomic E-state index is 11.9. The van der Waals surface area contributed by atoms with Crippen LogP contribution in [0.5, 0.6) is 0 Å². The van der Waals surface area contributed by atoms with Gasteiger partial charge in [-0.15, -0.1) is 0 Å². The third-order valence-corrected chi connectivity index (χ3v) is 8.00. The van der Waals surface area contributed by atoms with Crippen molar-refractivity contribution < 1.29 is 38.2 Å². The van der Waals surface area contributed by atoms with Gasteiger partial charge in [0.1, 0.15) is 24.1 Å². The van der Waals surface area contributed by atoms with Crippen LogP contribution in [0.2, 0.25) is 0 Å². The van der Waals surface area contributed by atoms with E-state index in [1.807, 2.05) is 182 Å². The molecular formula is C52H74N4O8. The van der Waals surface area contributed by atoms with Gasteiger partial charge < -0.3 is 29.7 Å². The van der Waals surface area contributed by atoms with Gasteiger partial charge in [0.2, 0.25) is 0 Å². The van der Waals surface area contributed by atoms with Crippen molar-refractivity contribution in [3.8, 4) is 0 Å². The largest absolute Gasteiger partial charge is 0.464 e. The van der Waals surface area contributed by atoms with Crippen LogP contribution in [0.1, 0.15) is 95.4 Å². The molecule has 6 rings (SSSR count). The van der Waals surface area contributed by atoms with Crippen molar-refractivity contribution in [3.63, 3.8) is 0 Å². The van der Waals surface area contributed by atoms with E-state index in [1.54, 1.807) is 31.9 Å². The average Bonchev–Trinajstić information content (AvgIpc) is 3.35. The summed E-state index contributed by atoms with van der Waals surface area (Å²) in [6.07, 6.45) is 5.20. The fourth-order valence-corrected chi connectivity index (χ4v) is 5.41. The third kappa shape index (κ3) is 24.8. The van der Waals surface area contributed by atoms with Crippen molar-refractivity contribution in [1.29, 1.82) is 0 Å². The van der Waals surface area contributed by atoms with Crippen molar-refractivity contribution in [2.24, 2.45) is 4.99 Å². The first-order valence-corrected chi connectivity index (χ1v) is 22.4. The van der Waals surface area contributed by atoms with Crippen molar-refractivity contribution in [3.05, 3.63) is 134 Å². The van der Waals surface area contributed by atoms with Crippen LogP contribution in [-0.4, -0.2) is 74.1 Å². The zero-order chi connectivity index (χ0) is 48.5. The van der Waals surface area contributed by atoms with Gasteiger partial charge in [-0.2, -0.15) is 0 Å². The van der Waals surface area contributed by atoms with E-state index in [4.69, 9.17) is 15.2 Å². The number of ether oxygens (including phenoxy) is 3. The van der Waals surface area contributed by atoms with Crippen LogP contribution in [0.25, 0.3) is 0 Å². The Balaban J connectivity index is 0. The van der Waals surface area contributed by atoms with Crippen LogP contribution in [0.15, 0.2) is 139 Å². The highest BCUT2D eigenvalue weighted by Gasteiger charge is 2.34. The van der Waals surface area contributed by atoms with E-state index >= 15 is 0 Å². The molecule has 0 spiro atoms. The standard InChI is InChI=1S/C14H17NO3.C14H15NO3.C10H11NO2.C6H7N.4C2H6/c2*1-2-18-14(17)13-10-12(16)8-9-15(13)11-6-4-3-5-7-11;1-2-13-10(12)8-11-9-6-4-3-5-7-9;7-6-4-2-1-3-5-6;4*1-2/h3-7,13H,2,8-10H2,1H3;3-9,13H,2,10H2,1H3;3-8H,2H2,1H3;1-5H,7H2;4*1-2H3. The molecule has 0 aromatic heterocycles. The summed E-state index contributed by atoms with van der Waals surface area (Å²) >= 11 is 0. The molecule has 12 nitrogen and oxygen atoms in total. The minimum Gasteiger partial charge on any atom is -0.464 e. The molecule has 0 radical (unpaired) electrons. The number of benzene rings is 4. The number of anilines is 3. The smallest absolute Gasteiger partial charge is 0.349 e. The molecule has 0 aliphatic carbocycles. The second-order valence-electron chi connectivity index (χ2n) is 12.0. The molecule has 2 N–H and O–H groups in total. The lowest BCUT2D eigenvalue weighted by Gasteiger charge is -2.35. The van der Waals surface area contributed by atoms with E-state index in [0.29, 0.717) is 32.8 Å². The first kappa shape index (κ1) is 59.5. The minimum atomic E-state index is -0.565. The summed E-state index contributed by atoms with van der Waals surface area (Å²) in [6.45, 7) is 22.9. The van der Waals surface area contributed by atoms with Crippen molar-refractivity contribution in [2.75, 3.05) is 41.9 Å². The molecule has 2 atom stereocenters. The van der Waals surface area contributed by atoms with E-state index in [-0.39, 0.29) is 36.3 Å². The van der Waals surface area contributed by atoms with Crippen molar-refractivity contribution in [2.45, 2.75) is 108 Å². The molecule has 64 heavy (non-hydrogen) atoms. The normalized spacial score (nSPS) is 14.2. The fraction of sp³-hybridized carbons (Fsp3) is 0.385. The molecule has 2 aliphatic rings. The van der Waals surface area contributed by atoms with Gasteiger partial charge in [-0.05, 0) is 75.4 Å². The lowest BCUT2D eigenvalue weighted by Crippen LogP contribution is -2.48. The monoisotopic (exact) mass is 883 g/mol. The van der Waals surface area contributed by atoms with E-state index in [1.165, 1.54) is 12.3 Å². The van der Waals surface area contributed by atoms with Crippen LogP contribution in [0.3, 0.4) is 0 Å². The summed E-state index contributed by atoms with van der Waals surface area (Å²) in [7, 11) is 0. The molecule has 1 fully saturated rings. The highest BCUT2D eigenvalue weighted by molar-refractivity contribution is 6.23. The number of carbonyl (C=O) groups is 5. The average molecular weight is 883 g/mol. The Morgan fingerprint density at radius 2 is 1.05 bits per heavy atom. The number of rotatable bonds is 9. The number of Topliss-reactive ketones (excluding diaryl/α,β-unsaturated/α-hetero) is 1. The van der Waals surface area contributed by atoms with Gasteiger partial charge in [-0.3, -0.25) is 9.59 Å². The number of allylic oxidation sites excluding steroid dienone is 1. The highest BCUT2D eigenvalue weighted by Crippen LogP contribution is 2.25. The SMILES string of the molecule is CC.CC.CC.CC.CCOC(=O)C1CC(=O)C=CN1c1ccccc1.CCOC(=O)C1CC(=O)CCN1c1ccccc1.CCOC(=O)C=Nc1ccccc1.Nc1ccccc1. The van der Waals surface area contributed by atoms with Crippen LogP contribution < -0.4 is 15.5 Å². The number of hydrogen-bond donors (Lipinski definition) is 1. The van der Waals surface area contributed by atoms with Gasteiger partial charge >= 0.3 is 17.9 Å². The maximum Gasteiger partial charge on any atom is 0.349 e. The van der Waals surface area contributed by atoms with Crippen LogP contribution >= 0.6 is 0 Å². The first-order valence-electron chi connectivity index (χ1n) is 22.4. The molecule has 1 saturated heterocycles. The Labute approximate surface area is 383 Å². The zero-order valence-electron chi connectivity index (χ0n) is 40.1. The number of nitrogen functional groups attached to an aromatic ring is 1. The summed E-state index contributed by atoms with van der Waals surface area (Å²) in [4.78, 5) is 65.3. The summed E-state index contributed by atoms with van der Waals surface area (Å²) < 4.78 is 14.7. The number of para-hydroxylation sites is 4. The molecule has 2 heterocycles. The number of nitrogens with two attached hydrogens (primary N) is 1. The Kier molecular flexibility index (Phi) is 36.6. The van der Waals surface area contributed by atoms with Crippen LogP contribution in [-0.2, 0) is 38.2 Å². The first-order chi connectivity index (χ1) is 31.2. The van der Waals surface area contributed by atoms with Gasteiger partial charge in [0.15, 0.2) is 5.78 Å². The van der Waals surface area contributed by atoms with Gasteiger partial charge in [0.25, 0.3) is 0 Å². The Morgan fingerprint density at radius 3 is 1.50 bits per heavy atom. The number of nitrogens with zero attached hydrogens (tertiary/aromatic N) is 3. The van der Waals surface area contributed by atoms with E-state index in [2.05, 4.69) is 9.73 Å². The third-order valence-electron chi connectivity index (χ3n) is 8.00. The maximum absolute atomic E-state index is 11.9. The molecule has 4 aromatic carbocycles. The van der Waals surface area contributed by atoms with Crippen molar-refractivity contribution >= 4 is 58.4 Å². The summed E-state index contributed by atoms with van der Waals surface area (Å²) in [5.74, 6) is -1.01. The number of piperidine rings is 1. The zero-order valence-corrected chi connectivity index (χ0v) is 40.1. The van der Waals surface area contributed by atoms with E-state index < -0.39 is 18.1 Å². The molecular weight excluding hydrogens is 809 g/mol. The predicted octanol–water partition coefficient (Wildman–Crippen LogP) is 11.0. The van der Waals surface area contributed by atoms with Crippen LogP contribution in [0.4, 0.5) is 22.7 Å². The van der Waals surface area contributed by atoms with Crippen molar-refractivity contribution in [1.82, 2.24) is 0 Å². The van der Waals surface area contributed by atoms with Gasteiger partial charge in [0.05, 0.1) is 25.5 Å². The second kappa shape index (κ2) is 39.3. The number of hydrogen-bond acceptors (Lipinski definition) is 12. The topological polar surface area (TPSA) is 158 Å². The summed E-state index contributed by atoms with van der Waals surface area (Å²) in [5.41, 5.74) is 8.76. The molecule has 2 aliphatic heterocycles. The molecule has 0 bridgehead atoms. The number of ketones is 2. The number of aliphatic imine (C=N–C) groups is 1. The lowest BCUT2D eigenvalue weighted by atomic mass is 10.00. The van der Waals surface area contributed by atoms with Crippen LogP contribution in [0, 0.1) is 0 Å². The molecule has 0 saturated carbocycles. The molecule has 12 heteroatoms. The van der Waals surface area contributed by atoms with Gasteiger partial charge in [-0.1, -0.05) is 128 Å². The predicted molar refractivity (Wildman–Crippen MR) is 264 cm³/mol. The van der Waals surface area contributed by atoms with Gasteiger partial charge in [0, 0.05) is 49.1 Å². The molecule has 0 amide bonds. The Morgan fingerprint density at radius 1 is 0.609 bits per heavy atom. The number of carbonyl (C=O) groups excluding carboxylic acids is 5. The summed E-state index contributed by atoms with van der Waals surface area (Å²) in [5, 5.41) is 0. The van der Waals surface area contributed by atoms with E-state index in [0.717, 1.165) is 22.7 Å². The Bertz CT molecular complexity index is 1860. The summed E-state index contributed by atoms with van der Waals surface area (Å²) in [6, 6.07) is 36.8.